The van der Waals surface area contributed by atoms with Crippen molar-refractivity contribution in [3.05, 3.63) is 11.6 Å². The number of carbonyl (C=O) groups is 1. The van der Waals surface area contributed by atoms with Crippen molar-refractivity contribution in [2.75, 3.05) is 24.3 Å². The van der Waals surface area contributed by atoms with Gasteiger partial charge in [-0.05, 0) is 30.0 Å². The van der Waals surface area contributed by atoms with E-state index in [4.69, 9.17) is 32.0 Å². The smallest absolute Gasteiger partial charge is 0.362 e. The maximum atomic E-state index is 12.0. The number of fused-ring (bicyclic) bond motifs is 1. The van der Waals surface area contributed by atoms with Gasteiger partial charge in [-0.25, -0.2) is 9.71 Å². The number of amides is 1. The number of nitrogens with one attached hydrogen (secondary N) is 1. The highest BCUT2D eigenvalue weighted by Gasteiger charge is 2.45. The molecule has 0 radical (unpaired) electrons. The van der Waals surface area contributed by atoms with Gasteiger partial charge < -0.3 is 26.4 Å². The third-order valence-corrected chi connectivity index (χ3v) is 6.33. The Hall–Kier alpha value is -1.79. The minimum absolute atomic E-state index is 0.00393. The Balaban J connectivity index is 1.66. The number of hydrogen-bond donors (Lipinski definition) is 5. The number of hydrogen-bond acceptors (Lipinski definition) is 13. The number of ether oxygens (including phenoxy) is 1. The predicted octanol–water partition coefficient (Wildman–Crippen LogP) is -1.86. The molecule has 2 aromatic heterocycles. The molecule has 0 aromatic carbocycles. The summed E-state index contributed by atoms with van der Waals surface area (Å²) < 4.78 is 37.4. The van der Waals surface area contributed by atoms with Crippen molar-refractivity contribution < 1.29 is 32.3 Å². The number of nitrogen functional groups attached to an aromatic ring is 1. The number of nitrogens with two attached hydrogens (primary N) is 2. The molecule has 1 aliphatic rings. The fourth-order valence-corrected chi connectivity index (χ4v) is 4.39. The number of rotatable bonds is 9. The minimum Gasteiger partial charge on any atom is -0.387 e. The number of aliphatic hydroxyl groups excluding tert-OH is 2. The lowest BCUT2D eigenvalue weighted by atomic mass is 10.1. The molecule has 17 heteroatoms. The first-order valence-electron chi connectivity index (χ1n) is 9.16. The Bertz CT molecular complexity index is 1090. The standard InChI is InChI=1S/C15H22ClN7O7S2/c1-31-3-2-6(17)13(26)22-32(27,28)29-4-7-9(24)10(25)14(30-7)23-5-19-8-11(18)20-15(16)21-12(8)23/h5-7,9-10,14,24-25H,2-4,17H2,1H3,(H,22,26)(H2,18,20,21)/t6-,7+,9+,10+,14+/m0/s1. The summed E-state index contributed by atoms with van der Waals surface area (Å²) in [4.78, 5) is 23.7. The number of aliphatic hydroxyl groups is 2. The summed E-state index contributed by atoms with van der Waals surface area (Å²) in [6, 6.07) is -1.03. The van der Waals surface area contributed by atoms with Crippen LogP contribution in [0.2, 0.25) is 5.28 Å². The molecule has 3 rings (SSSR count). The van der Waals surface area contributed by atoms with E-state index in [1.807, 2.05) is 6.26 Å². The second-order valence-electron chi connectivity index (χ2n) is 6.84. The van der Waals surface area contributed by atoms with Crippen LogP contribution in [0.4, 0.5) is 5.82 Å². The molecule has 0 bridgehead atoms. The van der Waals surface area contributed by atoms with Crippen LogP contribution in [0.25, 0.3) is 11.2 Å². The molecular formula is C15H22ClN7O7S2. The Morgan fingerprint density at radius 1 is 1.44 bits per heavy atom. The van der Waals surface area contributed by atoms with Gasteiger partial charge in [-0.15, -0.1) is 0 Å². The fraction of sp³-hybridized carbons (Fsp3) is 0.600. The van der Waals surface area contributed by atoms with E-state index in [2.05, 4.69) is 15.0 Å². The van der Waals surface area contributed by atoms with E-state index < -0.39 is 53.4 Å². The first kappa shape index (κ1) is 24.8. The van der Waals surface area contributed by atoms with Gasteiger partial charge in [0.25, 0.3) is 5.91 Å². The molecule has 2 aromatic rings. The first-order chi connectivity index (χ1) is 15.0. The van der Waals surface area contributed by atoms with Crippen molar-refractivity contribution >= 4 is 56.6 Å². The predicted molar refractivity (Wildman–Crippen MR) is 115 cm³/mol. The Kier molecular flexibility index (Phi) is 7.77. The van der Waals surface area contributed by atoms with Gasteiger partial charge in [0.2, 0.25) is 5.28 Å². The highest BCUT2D eigenvalue weighted by atomic mass is 35.5. The fourth-order valence-electron chi connectivity index (χ4n) is 2.95. The molecule has 178 valence electrons. The largest absolute Gasteiger partial charge is 0.387 e. The van der Waals surface area contributed by atoms with Crippen LogP contribution in [-0.4, -0.2) is 87.0 Å². The van der Waals surface area contributed by atoms with Crippen LogP contribution in [0.3, 0.4) is 0 Å². The molecule has 32 heavy (non-hydrogen) atoms. The summed E-state index contributed by atoms with van der Waals surface area (Å²) in [5, 5.41) is 20.5. The molecule has 0 spiro atoms. The molecule has 3 heterocycles. The first-order valence-corrected chi connectivity index (χ1v) is 12.3. The van der Waals surface area contributed by atoms with E-state index in [9.17, 15) is 23.4 Å². The van der Waals surface area contributed by atoms with Crippen LogP contribution >= 0.6 is 23.4 Å². The van der Waals surface area contributed by atoms with E-state index in [1.165, 1.54) is 22.7 Å². The summed E-state index contributed by atoms with van der Waals surface area (Å²) in [5.41, 5.74) is 11.7. The topological polar surface area (TPSA) is 218 Å². The molecule has 1 aliphatic heterocycles. The lowest BCUT2D eigenvalue weighted by Gasteiger charge is -2.16. The van der Waals surface area contributed by atoms with Crippen molar-refractivity contribution in [1.82, 2.24) is 24.2 Å². The summed E-state index contributed by atoms with van der Waals surface area (Å²) in [6.07, 6.45) is -2.14. The zero-order chi connectivity index (χ0) is 23.6. The van der Waals surface area contributed by atoms with Gasteiger partial charge in [-0.2, -0.15) is 30.1 Å². The molecule has 14 nitrogen and oxygen atoms in total. The number of nitrogens with zero attached hydrogens (tertiary/aromatic N) is 4. The van der Waals surface area contributed by atoms with Gasteiger partial charge in [-0.3, -0.25) is 13.5 Å². The van der Waals surface area contributed by atoms with E-state index >= 15 is 0 Å². The number of imidazole rings is 1. The van der Waals surface area contributed by atoms with E-state index in [0.29, 0.717) is 5.75 Å². The SMILES string of the molecule is CSCC[C@H](N)C(=O)NS(=O)(=O)OC[C@H]1O[C@@H](n2cnc3c(N)nc(Cl)nc32)[C@H](O)[C@@H]1O. The molecule has 7 N–H and O–H groups in total. The summed E-state index contributed by atoms with van der Waals surface area (Å²) in [5.74, 6) is -0.352. The van der Waals surface area contributed by atoms with Crippen LogP contribution in [0, 0.1) is 0 Å². The average molecular weight is 512 g/mol. The quantitative estimate of drug-likeness (QED) is 0.233. The van der Waals surface area contributed by atoms with Gasteiger partial charge in [-0.1, -0.05) is 0 Å². The van der Waals surface area contributed by atoms with Crippen molar-refractivity contribution in [3.8, 4) is 0 Å². The molecule has 1 fully saturated rings. The highest BCUT2D eigenvalue weighted by Crippen LogP contribution is 2.32. The summed E-state index contributed by atoms with van der Waals surface area (Å²) in [7, 11) is -4.53. The maximum absolute atomic E-state index is 12.0. The number of carbonyl (C=O) groups excluding carboxylic acids is 1. The van der Waals surface area contributed by atoms with Gasteiger partial charge in [0.1, 0.15) is 23.8 Å². The summed E-state index contributed by atoms with van der Waals surface area (Å²) in [6.45, 7) is -0.693. The van der Waals surface area contributed by atoms with Crippen LogP contribution in [0.5, 0.6) is 0 Å². The molecule has 0 unspecified atom stereocenters. The normalized spacial score (nSPS) is 24.7. The lowest BCUT2D eigenvalue weighted by molar-refractivity contribution is -0.120. The van der Waals surface area contributed by atoms with Crippen LogP contribution in [0.15, 0.2) is 6.33 Å². The molecule has 0 aliphatic carbocycles. The number of thioether (sulfide) groups is 1. The number of aromatic nitrogens is 4. The van der Waals surface area contributed by atoms with Crippen molar-refractivity contribution in [2.24, 2.45) is 5.73 Å². The molecule has 5 atom stereocenters. The van der Waals surface area contributed by atoms with Gasteiger partial charge >= 0.3 is 10.3 Å². The lowest BCUT2D eigenvalue weighted by Crippen LogP contribution is -2.45. The molecule has 1 saturated heterocycles. The Morgan fingerprint density at radius 2 is 2.16 bits per heavy atom. The zero-order valence-corrected chi connectivity index (χ0v) is 19.0. The van der Waals surface area contributed by atoms with E-state index in [0.717, 1.165) is 0 Å². The molecule has 0 saturated carbocycles. The summed E-state index contributed by atoms with van der Waals surface area (Å²) >= 11 is 7.27. The van der Waals surface area contributed by atoms with Crippen LogP contribution in [-0.2, 0) is 24.0 Å². The number of anilines is 1. The Labute approximate surface area is 191 Å². The second kappa shape index (κ2) is 10.0. The molecule has 1 amide bonds. The Morgan fingerprint density at radius 3 is 2.84 bits per heavy atom. The highest BCUT2D eigenvalue weighted by molar-refractivity contribution is 7.98. The minimum atomic E-state index is -4.53. The van der Waals surface area contributed by atoms with Gasteiger partial charge in [0, 0.05) is 0 Å². The van der Waals surface area contributed by atoms with Crippen molar-refractivity contribution in [1.29, 1.82) is 0 Å². The van der Waals surface area contributed by atoms with E-state index in [1.54, 1.807) is 4.72 Å². The van der Waals surface area contributed by atoms with Gasteiger partial charge in [0.15, 0.2) is 17.7 Å². The van der Waals surface area contributed by atoms with Crippen molar-refractivity contribution in [3.63, 3.8) is 0 Å². The van der Waals surface area contributed by atoms with Gasteiger partial charge in [0.05, 0.1) is 19.0 Å². The monoisotopic (exact) mass is 511 g/mol. The average Bonchev–Trinajstić information content (AvgIpc) is 3.26. The molecular weight excluding hydrogens is 490 g/mol. The van der Waals surface area contributed by atoms with E-state index in [-0.39, 0.29) is 28.7 Å². The second-order valence-corrected chi connectivity index (χ2v) is 9.51. The zero-order valence-electron chi connectivity index (χ0n) is 16.7. The van der Waals surface area contributed by atoms with Crippen LogP contribution in [0.1, 0.15) is 12.6 Å². The third-order valence-electron chi connectivity index (χ3n) is 4.62. The third kappa shape index (κ3) is 5.40. The van der Waals surface area contributed by atoms with Crippen molar-refractivity contribution in [2.45, 2.75) is 37.0 Å². The van der Waals surface area contributed by atoms with Crippen LogP contribution < -0.4 is 16.2 Å². The number of halogens is 1. The maximum Gasteiger partial charge on any atom is 0.362 e.